The van der Waals surface area contributed by atoms with Crippen molar-refractivity contribution in [3.05, 3.63) is 62.7 Å². The van der Waals surface area contributed by atoms with E-state index in [-0.39, 0.29) is 23.7 Å². The van der Waals surface area contributed by atoms with Crippen molar-refractivity contribution in [2.24, 2.45) is 0 Å². The van der Waals surface area contributed by atoms with Gasteiger partial charge in [0.2, 0.25) is 0 Å². The highest BCUT2D eigenvalue weighted by Gasteiger charge is 2.25. The molecule has 0 aliphatic heterocycles. The number of esters is 1. The molecule has 0 spiro atoms. The molecule has 8 heteroatoms. The average molecular weight is 366 g/mol. The maximum Gasteiger partial charge on any atom is 0.345 e. The fraction of sp³-hybridized carbons (Fsp3) is 0.235. The van der Waals surface area contributed by atoms with Crippen molar-refractivity contribution in [3.63, 3.8) is 0 Å². The van der Waals surface area contributed by atoms with Gasteiger partial charge in [-0.3, -0.25) is 10.1 Å². The lowest BCUT2D eigenvalue weighted by Crippen LogP contribution is -2.09. The van der Waals surface area contributed by atoms with Crippen LogP contribution in [0.4, 0.5) is 5.69 Å². The summed E-state index contributed by atoms with van der Waals surface area (Å²) in [6, 6.07) is 9.11. The first kappa shape index (κ1) is 18.5. The van der Waals surface area contributed by atoms with E-state index in [1.54, 1.807) is 31.2 Å². The van der Waals surface area contributed by atoms with Crippen molar-refractivity contribution in [2.45, 2.75) is 13.5 Å². The first-order valence-electron chi connectivity index (χ1n) is 7.37. The summed E-state index contributed by atoms with van der Waals surface area (Å²) in [6.45, 7) is 2.02. The van der Waals surface area contributed by atoms with Crippen LogP contribution in [-0.4, -0.2) is 24.6 Å². The number of hydrogen-bond donors (Lipinski definition) is 0. The monoisotopic (exact) mass is 365 g/mol. The van der Waals surface area contributed by atoms with Crippen LogP contribution in [0.3, 0.4) is 0 Å². The number of nitro benzene ring substituents is 1. The number of nitrogens with zero attached hydrogens (tertiary/aromatic N) is 1. The number of carbonyl (C=O) groups excluding carboxylic acids is 1. The van der Waals surface area contributed by atoms with Gasteiger partial charge in [0, 0.05) is 11.1 Å². The van der Waals surface area contributed by atoms with Crippen LogP contribution in [0.15, 0.2) is 36.4 Å². The van der Waals surface area contributed by atoms with Crippen molar-refractivity contribution in [2.75, 3.05) is 13.7 Å². The van der Waals surface area contributed by atoms with Gasteiger partial charge >= 0.3 is 5.97 Å². The summed E-state index contributed by atoms with van der Waals surface area (Å²) in [6.07, 6.45) is 0. The summed E-state index contributed by atoms with van der Waals surface area (Å²) in [7, 11) is 1.36. The van der Waals surface area contributed by atoms with E-state index in [0.717, 1.165) is 6.07 Å². The Labute approximate surface area is 149 Å². The van der Waals surface area contributed by atoms with E-state index in [0.29, 0.717) is 17.2 Å². The largest absolute Gasteiger partial charge is 0.493 e. The molecule has 0 atom stereocenters. The van der Waals surface area contributed by atoms with Crippen LogP contribution in [0.5, 0.6) is 11.5 Å². The van der Waals surface area contributed by atoms with Gasteiger partial charge in [-0.15, -0.1) is 0 Å². The summed E-state index contributed by atoms with van der Waals surface area (Å²) < 4.78 is 15.6. The molecule has 0 fully saturated rings. The second kappa shape index (κ2) is 8.34. The minimum Gasteiger partial charge on any atom is -0.493 e. The molecule has 0 aliphatic carbocycles. The van der Waals surface area contributed by atoms with Crippen molar-refractivity contribution >= 4 is 23.3 Å². The van der Waals surface area contributed by atoms with Gasteiger partial charge in [0.1, 0.15) is 12.2 Å². The zero-order valence-corrected chi connectivity index (χ0v) is 14.4. The second-order valence-electron chi connectivity index (χ2n) is 4.91. The van der Waals surface area contributed by atoms with Gasteiger partial charge in [-0.05, 0) is 24.6 Å². The predicted molar refractivity (Wildman–Crippen MR) is 91.4 cm³/mol. The number of carbonyl (C=O) groups is 1. The molecule has 7 nitrogen and oxygen atoms in total. The maximum atomic E-state index is 12.3. The number of ether oxygens (including phenoxy) is 3. The van der Waals surface area contributed by atoms with Crippen LogP contribution in [0.1, 0.15) is 22.8 Å². The molecule has 25 heavy (non-hydrogen) atoms. The second-order valence-corrected chi connectivity index (χ2v) is 5.35. The van der Waals surface area contributed by atoms with Crippen molar-refractivity contribution in [3.8, 4) is 11.5 Å². The van der Waals surface area contributed by atoms with Crippen molar-refractivity contribution in [1.29, 1.82) is 0 Å². The van der Waals surface area contributed by atoms with Gasteiger partial charge in [-0.25, -0.2) is 4.79 Å². The number of hydrogen-bond acceptors (Lipinski definition) is 6. The van der Waals surface area contributed by atoms with Crippen molar-refractivity contribution in [1.82, 2.24) is 0 Å². The molecule has 2 aromatic rings. The Morgan fingerprint density at radius 3 is 2.44 bits per heavy atom. The highest BCUT2D eigenvalue weighted by molar-refractivity contribution is 6.30. The van der Waals surface area contributed by atoms with E-state index in [2.05, 4.69) is 0 Å². The van der Waals surface area contributed by atoms with Gasteiger partial charge < -0.3 is 14.2 Å². The minimum atomic E-state index is -0.828. The molecule has 0 N–H and O–H groups in total. The molecule has 0 heterocycles. The molecule has 0 aromatic heterocycles. The molecule has 0 bridgehead atoms. The molecular formula is C17H16ClNO6. The third kappa shape index (κ3) is 4.60. The van der Waals surface area contributed by atoms with E-state index in [9.17, 15) is 14.9 Å². The summed E-state index contributed by atoms with van der Waals surface area (Å²) in [5, 5.41) is 11.8. The Bertz CT molecular complexity index is 775. The topological polar surface area (TPSA) is 87.9 Å². The van der Waals surface area contributed by atoms with E-state index in [1.165, 1.54) is 13.2 Å². The minimum absolute atomic E-state index is 0.0385. The number of rotatable bonds is 7. The molecule has 0 unspecified atom stereocenters. The number of benzene rings is 2. The lowest BCUT2D eigenvalue weighted by Gasteiger charge is -2.11. The molecule has 2 aromatic carbocycles. The molecular weight excluding hydrogens is 350 g/mol. The Balaban J connectivity index is 2.28. The molecule has 0 amide bonds. The zero-order valence-electron chi connectivity index (χ0n) is 13.7. The Morgan fingerprint density at radius 1 is 1.20 bits per heavy atom. The lowest BCUT2D eigenvalue weighted by molar-refractivity contribution is -0.385. The fourth-order valence-electron chi connectivity index (χ4n) is 2.10. The predicted octanol–water partition coefficient (Wildman–Crippen LogP) is 4.01. The first-order chi connectivity index (χ1) is 12.0. The third-order valence-electron chi connectivity index (χ3n) is 3.28. The number of methoxy groups -OCH3 is 1. The van der Waals surface area contributed by atoms with Crippen LogP contribution in [0.2, 0.25) is 5.02 Å². The lowest BCUT2D eigenvalue weighted by atomic mass is 10.1. The van der Waals surface area contributed by atoms with E-state index in [1.807, 2.05) is 0 Å². The van der Waals surface area contributed by atoms with E-state index >= 15 is 0 Å². The smallest absolute Gasteiger partial charge is 0.345 e. The van der Waals surface area contributed by atoms with Crippen LogP contribution in [0.25, 0.3) is 0 Å². The van der Waals surface area contributed by atoms with Gasteiger partial charge in [0.25, 0.3) is 5.69 Å². The summed E-state index contributed by atoms with van der Waals surface area (Å²) in [5.41, 5.74) is 0.0866. The van der Waals surface area contributed by atoms with Gasteiger partial charge in [0.15, 0.2) is 11.5 Å². The summed E-state index contributed by atoms with van der Waals surface area (Å²) >= 11 is 5.79. The first-order valence-corrected chi connectivity index (χ1v) is 7.74. The number of nitro groups is 1. The highest BCUT2D eigenvalue weighted by atomic mass is 35.5. The van der Waals surface area contributed by atoms with E-state index < -0.39 is 16.6 Å². The number of halogens is 1. The summed E-state index contributed by atoms with van der Waals surface area (Å²) in [4.78, 5) is 22.9. The standard InChI is InChI=1S/C17H16ClNO6/c1-3-24-16-8-13(14(19(21)22)9-15(16)23-2)17(20)25-10-11-4-6-12(18)7-5-11/h4-9H,3,10H2,1-2H3. The quantitative estimate of drug-likeness (QED) is 0.418. The SMILES string of the molecule is CCOc1cc(C(=O)OCc2ccc(Cl)cc2)c([N+](=O)[O-])cc1OC. The van der Waals surface area contributed by atoms with Crippen LogP contribution < -0.4 is 9.47 Å². The van der Waals surface area contributed by atoms with Crippen LogP contribution in [-0.2, 0) is 11.3 Å². The van der Waals surface area contributed by atoms with Gasteiger partial charge in [0.05, 0.1) is 24.7 Å². The molecule has 0 saturated carbocycles. The van der Waals surface area contributed by atoms with Crippen LogP contribution in [0, 0.1) is 10.1 Å². The zero-order chi connectivity index (χ0) is 18.4. The Hall–Kier alpha value is -2.80. The molecule has 132 valence electrons. The van der Waals surface area contributed by atoms with Gasteiger partial charge in [-0.1, -0.05) is 23.7 Å². The molecule has 0 aliphatic rings. The molecule has 0 radical (unpaired) electrons. The van der Waals surface area contributed by atoms with Crippen molar-refractivity contribution < 1.29 is 23.9 Å². The Kier molecular flexibility index (Phi) is 6.19. The van der Waals surface area contributed by atoms with Gasteiger partial charge in [-0.2, -0.15) is 0 Å². The third-order valence-corrected chi connectivity index (χ3v) is 3.53. The Morgan fingerprint density at radius 2 is 1.88 bits per heavy atom. The highest BCUT2D eigenvalue weighted by Crippen LogP contribution is 2.35. The average Bonchev–Trinajstić information content (AvgIpc) is 2.60. The molecule has 2 rings (SSSR count). The summed E-state index contributed by atoms with van der Waals surface area (Å²) in [5.74, 6) is -0.429. The van der Waals surface area contributed by atoms with Crippen LogP contribution >= 0.6 is 11.6 Å². The maximum absolute atomic E-state index is 12.3. The normalized spacial score (nSPS) is 10.2. The molecule has 0 saturated heterocycles. The van der Waals surface area contributed by atoms with E-state index in [4.69, 9.17) is 25.8 Å². The fourth-order valence-corrected chi connectivity index (χ4v) is 2.22.